The topological polar surface area (TPSA) is 17.1 Å². The summed E-state index contributed by atoms with van der Waals surface area (Å²) in [6.07, 6.45) is 4.86. The van der Waals surface area contributed by atoms with E-state index in [0.29, 0.717) is 6.42 Å². The van der Waals surface area contributed by atoms with Gasteiger partial charge in [-0.3, -0.25) is 4.79 Å². The van der Waals surface area contributed by atoms with Crippen LogP contribution in [0.1, 0.15) is 38.8 Å². The van der Waals surface area contributed by atoms with Crippen molar-refractivity contribution in [3.8, 4) is 0 Å². The Kier molecular flexibility index (Phi) is 3.25. The van der Waals surface area contributed by atoms with Crippen LogP contribution in [0.15, 0.2) is 42.0 Å². The lowest BCUT2D eigenvalue weighted by molar-refractivity contribution is -0.112. The molecule has 0 saturated carbocycles. The Labute approximate surface area is 109 Å². The van der Waals surface area contributed by atoms with Gasteiger partial charge in [-0.15, -0.1) is 0 Å². The van der Waals surface area contributed by atoms with Crippen LogP contribution in [0.4, 0.5) is 0 Å². The highest BCUT2D eigenvalue weighted by Gasteiger charge is 2.26. The highest BCUT2D eigenvalue weighted by atomic mass is 16.1. The maximum Gasteiger partial charge on any atom is 0.167 e. The van der Waals surface area contributed by atoms with Gasteiger partial charge in [-0.1, -0.05) is 55.8 Å². The van der Waals surface area contributed by atoms with Crippen molar-refractivity contribution < 1.29 is 4.79 Å². The molecule has 0 N–H and O–H groups in total. The monoisotopic (exact) mass is 240 g/mol. The number of hydrogen-bond donors (Lipinski definition) is 0. The number of rotatable bonds is 2. The minimum absolute atomic E-state index is 0.0821. The lowest BCUT2D eigenvalue weighted by atomic mass is 9.87. The number of carbonyl (C=O) groups excluding carboxylic acids is 1. The van der Waals surface area contributed by atoms with E-state index in [1.807, 2.05) is 24.3 Å². The molecule has 1 nitrogen and oxygen atoms in total. The lowest BCUT2D eigenvalue weighted by Gasteiger charge is -2.17. The molecule has 1 aromatic rings. The van der Waals surface area contributed by atoms with E-state index >= 15 is 0 Å². The molecule has 0 heterocycles. The highest BCUT2D eigenvalue weighted by molar-refractivity contribution is 6.25. The van der Waals surface area contributed by atoms with Gasteiger partial charge in [-0.05, 0) is 25.0 Å². The van der Waals surface area contributed by atoms with Crippen LogP contribution in [0.5, 0.6) is 0 Å². The van der Waals surface area contributed by atoms with E-state index in [-0.39, 0.29) is 11.2 Å². The van der Waals surface area contributed by atoms with Crippen molar-refractivity contribution in [2.75, 3.05) is 0 Å². The molecule has 0 saturated heterocycles. The first kappa shape index (κ1) is 12.8. The van der Waals surface area contributed by atoms with Crippen LogP contribution < -0.4 is 0 Å². The zero-order valence-corrected chi connectivity index (χ0v) is 11.6. The van der Waals surface area contributed by atoms with E-state index in [4.69, 9.17) is 0 Å². The first-order valence-electron chi connectivity index (χ1n) is 6.39. The number of ketones is 1. The molecule has 0 atom stereocenters. The molecule has 0 unspecified atom stereocenters. The maximum atomic E-state index is 12.1. The third kappa shape index (κ3) is 2.61. The number of carbonyl (C=O) groups is 1. The Morgan fingerprint density at radius 1 is 1.22 bits per heavy atom. The molecule has 1 aliphatic carbocycles. The second-order valence-electron chi connectivity index (χ2n) is 5.86. The Morgan fingerprint density at radius 2 is 1.89 bits per heavy atom. The highest BCUT2D eigenvalue weighted by Crippen LogP contribution is 2.34. The fraction of sp³-hybridized carbons (Fsp3) is 0.353. The van der Waals surface area contributed by atoms with Crippen LogP contribution in [-0.4, -0.2) is 5.78 Å². The number of benzene rings is 1. The van der Waals surface area contributed by atoms with E-state index in [1.54, 1.807) is 0 Å². The van der Waals surface area contributed by atoms with E-state index in [0.717, 1.165) is 16.7 Å². The van der Waals surface area contributed by atoms with Crippen LogP contribution in [0.25, 0.3) is 5.57 Å². The molecule has 0 aliphatic heterocycles. The van der Waals surface area contributed by atoms with Crippen LogP contribution in [0.2, 0.25) is 0 Å². The standard InChI is InChI=1S/C17H20O/c1-12(2)10-17(3,4)11-15-14-8-6-5-7-13(14)9-16(15)18/h5-8,10-11H,9H2,1-4H3/b15-11-. The fourth-order valence-corrected chi connectivity index (χ4v) is 2.67. The van der Waals surface area contributed by atoms with E-state index < -0.39 is 0 Å². The lowest BCUT2D eigenvalue weighted by Crippen LogP contribution is -2.07. The van der Waals surface area contributed by atoms with Crippen molar-refractivity contribution in [3.63, 3.8) is 0 Å². The molecule has 1 aromatic carbocycles. The van der Waals surface area contributed by atoms with E-state index in [2.05, 4.69) is 39.8 Å². The van der Waals surface area contributed by atoms with Gasteiger partial charge in [0.25, 0.3) is 0 Å². The second kappa shape index (κ2) is 4.56. The molecule has 0 amide bonds. The predicted molar refractivity (Wildman–Crippen MR) is 76.3 cm³/mol. The third-order valence-electron chi connectivity index (χ3n) is 3.14. The van der Waals surface area contributed by atoms with Gasteiger partial charge in [0, 0.05) is 17.4 Å². The summed E-state index contributed by atoms with van der Waals surface area (Å²) in [5.41, 5.74) is 4.34. The maximum absolute atomic E-state index is 12.1. The molecule has 2 rings (SSSR count). The zero-order valence-electron chi connectivity index (χ0n) is 11.6. The van der Waals surface area contributed by atoms with Gasteiger partial charge in [0.15, 0.2) is 5.78 Å². The Hall–Kier alpha value is -1.63. The Bertz CT molecular complexity index is 540. The quantitative estimate of drug-likeness (QED) is 0.559. The molecule has 18 heavy (non-hydrogen) atoms. The van der Waals surface area contributed by atoms with Crippen LogP contribution in [-0.2, 0) is 11.2 Å². The van der Waals surface area contributed by atoms with Crippen molar-refractivity contribution in [2.45, 2.75) is 34.1 Å². The van der Waals surface area contributed by atoms with Crippen molar-refractivity contribution in [1.29, 1.82) is 0 Å². The van der Waals surface area contributed by atoms with Gasteiger partial charge in [-0.25, -0.2) is 0 Å². The molecule has 0 spiro atoms. The first-order valence-corrected chi connectivity index (χ1v) is 6.39. The Morgan fingerprint density at radius 3 is 2.56 bits per heavy atom. The molecule has 1 heteroatoms. The minimum atomic E-state index is -0.0821. The van der Waals surface area contributed by atoms with Gasteiger partial charge in [0.2, 0.25) is 0 Å². The van der Waals surface area contributed by atoms with Gasteiger partial charge < -0.3 is 0 Å². The van der Waals surface area contributed by atoms with Gasteiger partial charge >= 0.3 is 0 Å². The summed E-state index contributed by atoms with van der Waals surface area (Å²) in [7, 11) is 0. The number of allylic oxidation sites excluding steroid dienone is 4. The SMILES string of the molecule is CC(C)=CC(C)(C)/C=C1\C(=O)Cc2ccccc21. The number of Topliss-reactive ketones (excluding diaryl/α,β-unsaturated/α-hetero) is 1. The van der Waals surface area contributed by atoms with Crippen molar-refractivity contribution in [2.24, 2.45) is 5.41 Å². The average molecular weight is 240 g/mol. The van der Waals surface area contributed by atoms with E-state index in [1.165, 1.54) is 5.57 Å². The largest absolute Gasteiger partial charge is 0.294 e. The third-order valence-corrected chi connectivity index (χ3v) is 3.14. The Balaban J connectivity index is 2.46. The average Bonchev–Trinajstić information content (AvgIpc) is 2.53. The van der Waals surface area contributed by atoms with Crippen LogP contribution in [0, 0.1) is 5.41 Å². The fourth-order valence-electron chi connectivity index (χ4n) is 2.67. The van der Waals surface area contributed by atoms with E-state index in [9.17, 15) is 4.79 Å². The van der Waals surface area contributed by atoms with Gasteiger partial charge in [0.05, 0.1) is 0 Å². The summed E-state index contributed by atoms with van der Waals surface area (Å²) in [5.74, 6) is 0.242. The predicted octanol–water partition coefficient (Wildman–Crippen LogP) is 4.19. The molecule has 0 aromatic heterocycles. The van der Waals surface area contributed by atoms with Crippen molar-refractivity contribution >= 4 is 11.4 Å². The first-order chi connectivity index (χ1) is 8.39. The van der Waals surface area contributed by atoms with Gasteiger partial charge in [-0.2, -0.15) is 0 Å². The molecule has 1 aliphatic rings. The molecular formula is C17H20O. The number of fused-ring (bicyclic) bond motifs is 1. The smallest absolute Gasteiger partial charge is 0.167 e. The van der Waals surface area contributed by atoms with Crippen LogP contribution in [0.3, 0.4) is 0 Å². The van der Waals surface area contributed by atoms with Crippen LogP contribution >= 0.6 is 0 Å². The minimum Gasteiger partial charge on any atom is -0.294 e. The number of hydrogen-bond acceptors (Lipinski definition) is 1. The molecule has 94 valence electrons. The summed E-state index contributed by atoms with van der Waals surface area (Å²) in [5, 5.41) is 0. The summed E-state index contributed by atoms with van der Waals surface area (Å²) in [6.45, 7) is 8.46. The summed E-state index contributed by atoms with van der Waals surface area (Å²) < 4.78 is 0. The summed E-state index contributed by atoms with van der Waals surface area (Å²) in [4.78, 5) is 12.1. The van der Waals surface area contributed by atoms with Crippen molar-refractivity contribution in [3.05, 3.63) is 53.1 Å². The zero-order chi connectivity index (χ0) is 13.3. The molecular weight excluding hydrogens is 220 g/mol. The van der Waals surface area contributed by atoms with Gasteiger partial charge in [0.1, 0.15) is 0 Å². The summed E-state index contributed by atoms with van der Waals surface area (Å²) in [6, 6.07) is 8.09. The normalized spacial score (nSPS) is 16.9. The summed E-state index contributed by atoms with van der Waals surface area (Å²) >= 11 is 0. The second-order valence-corrected chi connectivity index (χ2v) is 5.86. The van der Waals surface area contributed by atoms with Crippen molar-refractivity contribution in [1.82, 2.24) is 0 Å². The molecule has 0 radical (unpaired) electrons. The molecule has 0 fully saturated rings. The molecule has 0 bridgehead atoms.